The fourth-order valence-electron chi connectivity index (χ4n) is 2.81. The summed E-state index contributed by atoms with van der Waals surface area (Å²) in [4.78, 5) is 39.9. The van der Waals surface area contributed by atoms with Crippen molar-refractivity contribution in [3.63, 3.8) is 0 Å². The predicted molar refractivity (Wildman–Crippen MR) is 107 cm³/mol. The highest BCUT2D eigenvalue weighted by molar-refractivity contribution is 6.33. The van der Waals surface area contributed by atoms with Crippen LogP contribution < -0.4 is 15.0 Å². The minimum absolute atomic E-state index is 0.162. The lowest BCUT2D eigenvalue weighted by molar-refractivity contribution is -0.133. The lowest BCUT2D eigenvalue weighted by Gasteiger charge is -2.24. The van der Waals surface area contributed by atoms with Gasteiger partial charge in [-0.3, -0.25) is 19.3 Å². The second-order valence-electron chi connectivity index (χ2n) is 6.32. The largest absolute Gasteiger partial charge is 0.491 e. The highest BCUT2D eigenvalue weighted by Crippen LogP contribution is 2.30. The number of carbonyl (C=O) groups excluding carboxylic acids is 3. The third kappa shape index (κ3) is 4.61. The molecule has 0 aromatic heterocycles. The highest BCUT2D eigenvalue weighted by Gasteiger charge is 2.26. The van der Waals surface area contributed by atoms with Crippen LogP contribution in [0.25, 0.3) is 0 Å². The van der Waals surface area contributed by atoms with Gasteiger partial charge in [0.05, 0.1) is 36.0 Å². The second kappa shape index (κ2) is 8.75. The number of fused-ring (bicyclic) bond motifs is 1. The summed E-state index contributed by atoms with van der Waals surface area (Å²) < 4.78 is 5.57. The molecule has 7 nitrogen and oxygen atoms in total. The molecule has 1 N–H and O–H groups in total. The van der Waals surface area contributed by atoms with Gasteiger partial charge in [-0.1, -0.05) is 35.9 Å². The van der Waals surface area contributed by atoms with Gasteiger partial charge in [0, 0.05) is 7.05 Å². The summed E-state index contributed by atoms with van der Waals surface area (Å²) in [7, 11) is 1.51. The molecule has 0 fully saturated rings. The minimum atomic E-state index is -0.380. The number of likely N-dealkylation sites (N-methyl/N-ethyl adjacent to an activating group) is 1. The number of halogens is 1. The van der Waals surface area contributed by atoms with Crippen LogP contribution in [0.2, 0.25) is 5.02 Å². The van der Waals surface area contributed by atoms with Crippen molar-refractivity contribution in [2.75, 3.05) is 37.0 Å². The smallest absolute Gasteiger partial charge is 0.244 e. The molecule has 1 aliphatic heterocycles. The van der Waals surface area contributed by atoms with Gasteiger partial charge < -0.3 is 15.0 Å². The number of nitrogens with zero attached hydrogens (tertiary/aromatic N) is 2. The van der Waals surface area contributed by atoms with Crippen LogP contribution in [0.4, 0.5) is 11.4 Å². The van der Waals surface area contributed by atoms with E-state index >= 15 is 0 Å². The van der Waals surface area contributed by atoms with E-state index in [4.69, 9.17) is 16.3 Å². The summed E-state index contributed by atoms with van der Waals surface area (Å²) >= 11 is 6.02. The Bertz CT molecular complexity index is 903. The number of ether oxygens (including phenoxy) is 1. The van der Waals surface area contributed by atoms with Gasteiger partial charge in [-0.25, -0.2) is 0 Å². The van der Waals surface area contributed by atoms with Crippen LogP contribution in [0.1, 0.15) is 6.42 Å². The van der Waals surface area contributed by atoms with Gasteiger partial charge in [-0.05, 0) is 24.3 Å². The van der Waals surface area contributed by atoms with E-state index in [0.29, 0.717) is 22.1 Å². The van der Waals surface area contributed by atoms with Gasteiger partial charge in [0.25, 0.3) is 0 Å². The molecule has 0 bridgehead atoms. The zero-order valence-corrected chi connectivity index (χ0v) is 16.1. The van der Waals surface area contributed by atoms with Crippen LogP contribution in [0.3, 0.4) is 0 Å². The van der Waals surface area contributed by atoms with E-state index in [0.717, 1.165) is 0 Å². The minimum Gasteiger partial charge on any atom is -0.491 e. The average molecular weight is 402 g/mol. The van der Waals surface area contributed by atoms with Gasteiger partial charge in [0.2, 0.25) is 17.7 Å². The number of rotatable bonds is 5. The van der Waals surface area contributed by atoms with Crippen molar-refractivity contribution in [1.29, 1.82) is 0 Å². The fraction of sp³-hybridized carbons (Fsp3) is 0.250. The van der Waals surface area contributed by atoms with E-state index in [1.807, 2.05) is 0 Å². The van der Waals surface area contributed by atoms with E-state index in [-0.39, 0.29) is 43.8 Å². The number of amides is 3. The maximum absolute atomic E-state index is 12.6. The maximum atomic E-state index is 12.6. The van der Waals surface area contributed by atoms with Crippen LogP contribution >= 0.6 is 11.6 Å². The van der Waals surface area contributed by atoms with Gasteiger partial charge in [0.1, 0.15) is 12.3 Å². The average Bonchev–Trinajstić information content (AvgIpc) is 2.82. The highest BCUT2D eigenvalue weighted by atomic mass is 35.5. The molecule has 8 heteroatoms. The summed E-state index contributed by atoms with van der Waals surface area (Å²) in [6.45, 7) is -0.0735. The third-order valence-corrected chi connectivity index (χ3v) is 4.61. The molecule has 2 aromatic carbocycles. The molecule has 1 heterocycles. The van der Waals surface area contributed by atoms with Crippen molar-refractivity contribution < 1.29 is 19.1 Å². The molecule has 0 unspecified atom stereocenters. The van der Waals surface area contributed by atoms with Gasteiger partial charge in [-0.15, -0.1) is 0 Å². The van der Waals surface area contributed by atoms with Crippen molar-refractivity contribution in [3.05, 3.63) is 53.6 Å². The first-order chi connectivity index (χ1) is 13.5. The third-order valence-electron chi connectivity index (χ3n) is 4.28. The maximum Gasteiger partial charge on any atom is 0.244 e. The number of benzene rings is 2. The van der Waals surface area contributed by atoms with E-state index in [2.05, 4.69) is 5.32 Å². The van der Waals surface area contributed by atoms with Crippen molar-refractivity contribution in [3.8, 4) is 5.75 Å². The Morgan fingerprint density at radius 2 is 1.89 bits per heavy atom. The Balaban J connectivity index is 1.64. The topological polar surface area (TPSA) is 79.0 Å². The molecule has 0 atom stereocenters. The first-order valence-corrected chi connectivity index (χ1v) is 9.14. The van der Waals surface area contributed by atoms with Crippen LogP contribution in [0.5, 0.6) is 5.75 Å². The monoisotopic (exact) mass is 401 g/mol. The van der Waals surface area contributed by atoms with Crippen LogP contribution in [-0.2, 0) is 14.4 Å². The lowest BCUT2D eigenvalue weighted by atomic mass is 10.2. The van der Waals surface area contributed by atoms with Crippen molar-refractivity contribution in [1.82, 2.24) is 4.90 Å². The molecule has 28 heavy (non-hydrogen) atoms. The van der Waals surface area contributed by atoms with Gasteiger partial charge in [-0.2, -0.15) is 0 Å². The molecule has 0 saturated heterocycles. The number of nitrogens with one attached hydrogen (secondary N) is 1. The summed E-state index contributed by atoms with van der Waals surface area (Å²) in [6, 6.07) is 13.9. The van der Waals surface area contributed by atoms with Crippen LogP contribution in [0, 0.1) is 0 Å². The zero-order chi connectivity index (χ0) is 20.1. The molecule has 3 rings (SSSR count). The van der Waals surface area contributed by atoms with Gasteiger partial charge >= 0.3 is 0 Å². The van der Waals surface area contributed by atoms with Crippen molar-refractivity contribution >= 4 is 40.7 Å². The van der Waals surface area contributed by atoms with Crippen LogP contribution in [0.15, 0.2) is 48.5 Å². The number of carbonyl (C=O) groups is 3. The van der Waals surface area contributed by atoms with E-state index in [1.165, 1.54) is 16.8 Å². The van der Waals surface area contributed by atoms with Gasteiger partial charge in [0.15, 0.2) is 0 Å². The Hall–Kier alpha value is -3.06. The van der Waals surface area contributed by atoms with Crippen molar-refractivity contribution in [2.45, 2.75) is 6.42 Å². The number of hydrogen-bond donors (Lipinski definition) is 1. The summed E-state index contributed by atoms with van der Waals surface area (Å²) in [6.07, 6.45) is 0.179. The van der Waals surface area contributed by atoms with Crippen LogP contribution in [-0.4, -0.2) is 49.4 Å². The SMILES string of the molecule is CN(CC(=O)Nc1ccccc1Cl)C(=O)CN1C(=O)CCOc2ccccc21. The van der Waals surface area contributed by atoms with E-state index in [9.17, 15) is 14.4 Å². The molecule has 0 saturated carbocycles. The summed E-state index contributed by atoms with van der Waals surface area (Å²) in [5.74, 6) is -0.387. The quantitative estimate of drug-likeness (QED) is 0.835. The first-order valence-electron chi connectivity index (χ1n) is 8.76. The molecular formula is C20H20ClN3O4. The molecule has 2 aromatic rings. The van der Waals surface area contributed by atoms with E-state index in [1.54, 1.807) is 48.5 Å². The summed E-state index contributed by atoms with van der Waals surface area (Å²) in [5.41, 5.74) is 1.02. The van der Waals surface area contributed by atoms with E-state index < -0.39 is 0 Å². The molecular weight excluding hydrogens is 382 g/mol. The lowest BCUT2D eigenvalue weighted by Crippen LogP contribution is -2.43. The molecule has 0 aliphatic carbocycles. The standard InChI is InChI=1S/C20H20ClN3O4/c1-23(12-18(25)22-15-7-3-2-6-14(15)21)20(27)13-24-16-8-4-5-9-17(16)28-11-10-19(24)26/h2-9H,10-13H2,1H3,(H,22,25). The number of anilines is 2. The normalized spacial score (nSPS) is 13.2. The Morgan fingerprint density at radius 3 is 2.68 bits per heavy atom. The fourth-order valence-corrected chi connectivity index (χ4v) is 2.99. The Labute approximate surface area is 167 Å². The molecule has 0 spiro atoms. The number of para-hydroxylation sites is 3. The number of hydrogen-bond acceptors (Lipinski definition) is 4. The second-order valence-corrected chi connectivity index (χ2v) is 6.73. The Morgan fingerprint density at radius 1 is 1.18 bits per heavy atom. The van der Waals surface area contributed by atoms with Crippen molar-refractivity contribution in [2.24, 2.45) is 0 Å². The summed E-state index contributed by atoms with van der Waals surface area (Å²) in [5, 5.41) is 3.08. The molecule has 1 aliphatic rings. The Kier molecular flexibility index (Phi) is 6.16. The molecule has 146 valence electrons. The zero-order valence-electron chi connectivity index (χ0n) is 15.4. The first kappa shape index (κ1) is 19.7. The predicted octanol–water partition coefficient (Wildman–Crippen LogP) is 2.55. The molecule has 0 radical (unpaired) electrons. The molecule has 3 amide bonds.